The van der Waals surface area contributed by atoms with Crippen LogP contribution in [0.4, 0.5) is 0 Å². The SMILES string of the molecule is CC1=C(O)\C(=C(O)/C=C/C=C/CO)[C@@H]2[C@]3(C)C(=O)/C(=C(O)/C=C/C=C/CO)C[C@](C)(O)[C@]3(O)O[C@]2(C)C1=O. The summed E-state index contributed by atoms with van der Waals surface area (Å²) < 4.78 is 5.94. The van der Waals surface area contributed by atoms with Crippen LogP contribution in [0.15, 0.2) is 82.6 Å². The molecule has 0 radical (unpaired) electrons. The predicted octanol–water partition coefficient (Wildman–Crippen LogP) is 2.06. The average Bonchev–Trinajstić information content (AvgIpc) is 3.06. The molecule has 7 N–H and O–H groups in total. The highest BCUT2D eigenvalue weighted by Crippen LogP contribution is 2.67. The Bertz CT molecular complexity index is 1240. The van der Waals surface area contributed by atoms with E-state index in [1.165, 1.54) is 76.3 Å². The van der Waals surface area contributed by atoms with Gasteiger partial charge in [0.25, 0.3) is 0 Å². The van der Waals surface area contributed by atoms with E-state index >= 15 is 0 Å². The van der Waals surface area contributed by atoms with Crippen molar-refractivity contribution in [2.45, 2.75) is 51.1 Å². The number of hydrogen-bond donors (Lipinski definition) is 7. The third kappa shape index (κ3) is 4.09. The molecule has 3 aliphatic rings. The summed E-state index contributed by atoms with van der Waals surface area (Å²) in [5.41, 5.74) is -7.09. The zero-order chi connectivity index (χ0) is 28.7. The summed E-state index contributed by atoms with van der Waals surface area (Å²) in [6.07, 6.45) is 10.2. The first kappa shape index (κ1) is 29.3. The van der Waals surface area contributed by atoms with Crippen LogP contribution in [-0.4, -0.2) is 77.5 Å². The molecular weight excluding hydrogens is 496 g/mol. The monoisotopic (exact) mass is 530 g/mol. The Morgan fingerprint density at radius 1 is 0.921 bits per heavy atom. The summed E-state index contributed by atoms with van der Waals surface area (Å²) in [7, 11) is 0. The highest BCUT2D eigenvalue weighted by molar-refractivity contribution is 6.09. The van der Waals surface area contributed by atoms with E-state index in [9.17, 15) is 35.1 Å². The van der Waals surface area contributed by atoms with Crippen molar-refractivity contribution < 1.29 is 50.1 Å². The number of hydrogen-bond acceptors (Lipinski definition) is 10. The number of allylic oxidation sites excluding steroid dienone is 7. The topological polar surface area (TPSA) is 185 Å². The summed E-state index contributed by atoms with van der Waals surface area (Å²) >= 11 is 0. The summed E-state index contributed by atoms with van der Waals surface area (Å²) in [4.78, 5) is 27.5. The second-order valence-corrected chi connectivity index (χ2v) is 10.2. The van der Waals surface area contributed by atoms with Gasteiger partial charge in [-0.15, -0.1) is 0 Å². The Kier molecular flexibility index (Phi) is 7.80. The van der Waals surface area contributed by atoms with Crippen LogP contribution in [0.2, 0.25) is 0 Å². The van der Waals surface area contributed by atoms with Crippen LogP contribution in [0.3, 0.4) is 0 Å². The van der Waals surface area contributed by atoms with Gasteiger partial charge < -0.3 is 40.5 Å². The second-order valence-electron chi connectivity index (χ2n) is 10.2. The van der Waals surface area contributed by atoms with E-state index in [4.69, 9.17) is 14.9 Å². The minimum atomic E-state index is -2.67. The number of fused-ring (bicyclic) bond motifs is 3. The van der Waals surface area contributed by atoms with Gasteiger partial charge in [0.2, 0.25) is 5.79 Å². The maximum atomic E-state index is 14.1. The molecule has 1 saturated heterocycles. The minimum Gasteiger partial charge on any atom is -0.508 e. The summed E-state index contributed by atoms with van der Waals surface area (Å²) in [5, 5.41) is 74.0. The lowest BCUT2D eigenvalue weighted by Gasteiger charge is -2.51. The van der Waals surface area contributed by atoms with Crippen LogP contribution in [0.1, 0.15) is 34.1 Å². The van der Waals surface area contributed by atoms with Gasteiger partial charge in [-0.1, -0.05) is 36.5 Å². The van der Waals surface area contributed by atoms with Gasteiger partial charge in [-0.25, -0.2) is 0 Å². The first-order valence-corrected chi connectivity index (χ1v) is 12.0. The highest BCUT2D eigenvalue weighted by atomic mass is 16.7. The van der Waals surface area contributed by atoms with Crippen molar-refractivity contribution >= 4 is 11.6 Å². The van der Waals surface area contributed by atoms with Crippen molar-refractivity contribution in [2.75, 3.05) is 13.2 Å². The number of ether oxygens (including phenoxy) is 1. The number of aliphatic hydroxyl groups excluding tert-OH is 5. The van der Waals surface area contributed by atoms with Crippen molar-refractivity contribution in [1.29, 1.82) is 0 Å². The summed E-state index contributed by atoms with van der Waals surface area (Å²) in [6.45, 7) is 4.57. The van der Waals surface area contributed by atoms with E-state index in [0.717, 1.165) is 0 Å². The van der Waals surface area contributed by atoms with Gasteiger partial charge in [-0.05, 0) is 39.8 Å². The molecule has 0 spiro atoms. The van der Waals surface area contributed by atoms with Gasteiger partial charge in [-0.3, -0.25) is 9.59 Å². The molecule has 10 heteroatoms. The first-order valence-electron chi connectivity index (χ1n) is 12.0. The number of carbonyl (C=O) groups is 2. The molecule has 2 aliphatic carbocycles. The molecule has 0 unspecified atom stereocenters. The number of aliphatic hydroxyl groups is 7. The molecule has 0 amide bonds. The molecule has 1 saturated carbocycles. The van der Waals surface area contributed by atoms with Gasteiger partial charge in [-0.2, -0.15) is 0 Å². The zero-order valence-corrected chi connectivity index (χ0v) is 21.7. The minimum absolute atomic E-state index is 0.181. The molecule has 2 fully saturated rings. The van der Waals surface area contributed by atoms with Crippen LogP contribution in [-0.2, 0) is 14.3 Å². The Morgan fingerprint density at radius 3 is 1.97 bits per heavy atom. The summed E-state index contributed by atoms with van der Waals surface area (Å²) in [6, 6.07) is 0. The lowest BCUT2D eigenvalue weighted by molar-refractivity contribution is -0.326. The van der Waals surface area contributed by atoms with Crippen LogP contribution >= 0.6 is 0 Å². The molecule has 1 aliphatic heterocycles. The van der Waals surface area contributed by atoms with Crippen LogP contribution in [0.5, 0.6) is 0 Å². The maximum absolute atomic E-state index is 14.1. The Hall–Kier alpha value is -3.28. The fourth-order valence-corrected chi connectivity index (χ4v) is 5.83. The molecule has 10 nitrogen and oxygen atoms in total. The lowest BCUT2D eigenvalue weighted by Crippen LogP contribution is -2.68. The number of ketones is 2. The largest absolute Gasteiger partial charge is 0.508 e. The predicted molar refractivity (Wildman–Crippen MR) is 137 cm³/mol. The van der Waals surface area contributed by atoms with E-state index in [1.54, 1.807) is 0 Å². The fourth-order valence-electron chi connectivity index (χ4n) is 5.83. The van der Waals surface area contributed by atoms with Crippen LogP contribution in [0.25, 0.3) is 0 Å². The molecule has 0 bridgehead atoms. The lowest BCUT2D eigenvalue weighted by atomic mass is 9.52. The Labute approximate surface area is 220 Å². The highest BCUT2D eigenvalue weighted by Gasteiger charge is 2.81. The van der Waals surface area contributed by atoms with Crippen LogP contribution < -0.4 is 0 Å². The number of carbonyl (C=O) groups excluding carboxylic acids is 2. The Balaban J connectivity index is 2.35. The molecule has 5 atom stereocenters. The van der Waals surface area contributed by atoms with E-state index < -0.39 is 63.6 Å². The van der Waals surface area contributed by atoms with Crippen LogP contribution in [0, 0.1) is 11.3 Å². The van der Waals surface area contributed by atoms with E-state index in [0.29, 0.717) is 0 Å². The van der Waals surface area contributed by atoms with Gasteiger partial charge >= 0.3 is 0 Å². The number of rotatable bonds is 6. The second kappa shape index (κ2) is 10.1. The third-order valence-electron chi connectivity index (χ3n) is 7.68. The standard InChI is InChI=1S/C28H34O10/c1-16-21(33)20(19(32)12-8-6-10-14-30)22-26(3)24(35)17(18(31)11-7-5-9-13-29)15-25(2,36)28(26,37)38-27(22,4)23(16)34/h5-12,22,29-33,36-37H,13-15H2,1-4H3/b9-5+,10-6+,11-7+,12-8+,18-17-,20-19-/t22-,25+,26-,27+,28+/m1/s1. The maximum Gasteiger partial charge on any atom is 0.209 e. The normalized spacial score (nSPS) is 38.7. The van der Waals surface area contributed by atoms with Gasteiger partial charge in [0.1, 0.15) is 28.5 Å². The summed E-state index contributed by atoms with van der Waals surface area (Å²) in [5.74, 6) is -7.45. The first-order chi connectivity index (χ1) is 17.7. The van der Waals surface area contributed by atoms with Crippen molar-refractivity contribution in [1.82, 2.24) is 0 Å². The van der Waals surface area contributed by atoms with Gasteiger partial charge in [0.05, 0.1) is 18.6 Å². The van der Waals surface area contributed by atoms with E-state index in [-0.39, 0.29) is 29.9 Å². The molecule has 38 heavy (non-hydrogen) atoms. The molecule has 0 aromatic rings. The van der Waals surface area contributed by atoms with Crippen molar-refractivity contribution in [3.8, 4) is 0 Å². The average molecular weight is 531 g/mol. The van der Waals surface area contributed by atoms with Crippen molar-refractivity contribution in [2.24, 2.45) is 11.3 Å². The van der Waals surface area contributed by atoms with E-state index in [1.807, 2.05) is 0 Å². The van der Waals surface area contributed by atoms with Crippen molar-refractivity contribution in [3.05, 3.63) is 82.6 Å². The molecule has 0 aromatic heterocycles. The van der Waals surface area contributed by atoms with E-state index in [2.05, 4.69) is 0 Å². The third-order valence-corrected chi connectivity index (χ3v) is 7.68. The quantitative estimate of drug-likeness (QED) is 0.152. The molecule has 206 valence electrons. The fraction of sp³-hybridized carbons (Fsp3) is 0.429. The molecule has 3 rings (SSSR count). The molecule has 1 heterocycles. The van der Waals surface area contributed by atoms with Crippen molar-refractivity contribution in [3.63, 3.8) is 0 Å². The zero-order valence-electron chi connectivity index (χ0n) is 21.7. The number of Topliss-reactive ketones (excluding diaryl/α,β-unsaturated/α-hetero) is 2. The Morgan fingerprint density at radius 2 is 1.45 bits per heavy atom. The van der Waals surface area contributed by atoms with Gasteiger partial charge in [0, 0.05) is 29.1 Å². The van der Waals surface area contributed by atoms with Gasteiger partial charge in [0.15, 0.2) is 11.6 Å². The smallest absolute Gasteiger partial charge is 0.209 e. The molecule has 0 aromatic carbocycles. The molecular formula is C28H34O10.